The molecule has 1 aromatic heterocycles. The Kier molecular flexibility index (Phi) is 5.96. The molecule has 0 saturated carbocycles. The van der Waals surface area contributed by atoms with Crippen LogP contribution in [-0.4, -0.2) is 17.4 Å². The number of aryl methyl sites for hydroxylation is 1. The smallest absolute Gasteiger partial charge is 0.251 e. The van der Waals surface area contributed by atoms with Gasteiger partial charge >= 0.3 is 0 Å². The number of nitrogens with one attached hydrogen (secondary N) is 1. The number of carbonyl (C=O) groups is 1. The van der Waals surface area contributed by atoms with E-state index in [0.717, 1.165) is 16.3 Å². The van der Waals surface area contributed by atoms with Crippen LogP contribution in [0.3, 0.4) is 0 Å². The van der Waals surface area contributed by atoms with Crippen molar-refractivity contribution in [2.24, 2.45) is 0 Å². The zero-order valence-corrected chi connectivity index (χ0v) is 15.2. The molecule has 1 amide bonds. The van der Waals surface area contributed by atoms with Gasteiger partial charge in [0.05, 0.1) is 10.7 Å². The minimum Gasteiger partial charge on any atom is -0.487 e. The van der Waals surface area contributed by atoms with Gasteiger partial charge in [0.2, 0.25) is 0 Å². The number of benzene rings is 2. The monoisotopic (exact) mass is 370 g/mol. The van der Waals surface area contributed by atoms with Crippen molar-refractivity contribution in [1.29, 1.82) is 0 Å². The van der Waals surface area contributed by atoms with Crippen LogP contribution in [-0.2, 0) is 13.0 Å². The number of carbonyl (C=O) groups excluding carboxylic acids is 1. The first-order valence-electron chi connectivity index (χ1n) is 8.27. The van der Waals surface area contributed by atoms with E-state index in [9.17, 15) is 9.18 Å². The van der Waals surface area contributed by atoms with E-state index in [0.29, 0.717) is 30.9 Å². The maximum absolute atomic E-state index is 12.9. The zero-order chi connectivity index (χ0) is 18.4. The third-order valence-electron chi connectivity index (χ3n) is 3.78. The molecule has 134 valence electrons. The van der Waals surface area contributed by atoms with E-state index in [4.69, 9.17) is 4.74 Å². The Bertz CT molecular complexity index is 860. The molecule has 2 aromatic carbocycles. The molecule has 0 atom stereocenters. The summed E-state index contributed by atoms with van der Waals surface area (Å²) < 4.78 is 18.5. The molecule has 0 radical (unpaired) electrons. The molecular weight excluding hydrogens is 351 g/mol. The summed E-state index contributed by atoms with van der Waals surface area (Å²) in [4.78, 5) is 16.5. The second kappa shape index (κ2) is 8.58. The number of amides is 1. The molecule has 26 heavy (non-hydrogen) atoms. The summed E-state index contributed by atoms with van der Waals surface area (Å²) in [6.45, 7) is 2.86. The number of thiazole rings is 1. The SMILES string of the molecule is Cc1nc(COc2ccc(C(=O)NCCc3ccc(F)cc3)cc2)cs1. The average Bonchev–Trinajstić information content (AvgIpc) is 3.07. The average molecular weight is 370 g/mol. The largest absolute Gasteiger partial charge is 0.487 e. The number of halogens is 1. The third kappa shape index (κ3) is 5.13. The molecule has 0 aliphatic carbocycles. The third-order valence-corrected chi connectivity index (χ3v) is 4.60. The Morgan fingerprint density at radius 3 is 2.54 bits per heavy atom. The van der Waals surface area contributed by atoms with E-state index >= 15 is 0 Å². The van der Waals surface area contributed by atoms with Gasteiger partial charge in [0.15, 0.2) is 0 Å². The van der Waals surface area contributed by atoms with Crippen molar-refractivity contribution in [3.05, 3.63) is 81.6 Å². The van der Waals surface area contributed by atoms with Gasteiger partial charge in [-0.3, -0.25) is 4.79 Å². The maximum Gasteiger partial charge on any atom is 0.251 e. The normalized spacial score (nSPS) is 10.5. The summed E-state index contributed by atoms with van der Waals surface area (Å²) >= 11 is 1.59. The van der Waals surface area contributed by atoms with Gasteiger partial charge in [-0.2, -0.15) is 0 Å². The highest BCUT2D eigenvalue weighted by Gasteiger charge is 2.06. The first kappa shape index (κ1) is 18.1. The topological polar surface area (TPSA) is 51.2 Å². The molecule has 1 heterocycles. The molecule has 0 aliphatic rings. The van der Waals surface area contributed by atoms with Crippen LogP contribution in [0.4, 0.5) is 4.39 Å². The van der Waals surface area contributed by atoms with Crippen LogP contribution in [0.15, 0.2) is 53.9 Å². The number of ether oxygens (including phenoxy) is 1. The lowest BCUT2D eigenvalue weighted by molar-refractivity contribution is 0.0954. The summed E-state index contributed by atoms with van der Waals surface area (Å²) in [5, 5.41) is 5.84. The number of nitrogens with zero attached hydrogens (tertiary/aromatic N) is 1. The van der Waals surface area contributed by atoms with Gasteiger partial charge in [-0.15, -0.1) is 11.3 Å². The molecule has 0 bridgehead atoms. The van der Waals surface area contributed by atoms with Gasteiger partial charge < -0.3 is 10.1 Å². The summed E-state index contributed by atoms with van der Waals surface area (Å²) in [6.07, 6.45) is 0.653. The van der Waals surface area contributed by atoms with E-state index in [1.165, 1.54) is 12.1 Å². The molecule has 0 spiro atoms. The van der Waals surface area contributed by atoms with Crippen molar-refractivity contribution in [2.45, 2.75) is 20.0 Å². The van der Waals surface area contributed by atoms with Crippen molar-refractivity contribution in [1.82, 2.24) is 10.3 Å². The van der Waals surface area contributed by atoms with Gasteiger partial charge in [-0.25, -0.2) is 9.37 Å². The van der Waals surface area contributed by atoms with E-state index in [1.807, 2.05) is 12.3 Å². The molecule has 4 nitrogen and oxygen atoms in total. The van der Waals surface area contributed by atoms with E-state index in [1.54, 1.807) is 47.7 Å². The number of hydrogen-bond donors (Lipinski definition) is 1. The van der Waals surface area contributed by atoms with Crippen LogP contribution in [0.25, 0.3) is 0 Å². The quantitative estimate of drug-likeness (QED) is 0.680. The number of aromatic nitrogens is 1. The molecule has 3 aromatic rings. The van der Waals surface area contributed by atoms with Crippen LogP contribution in [0, 0.1) is 12.7 Å². The summed E-state index contributed by atoms with van der Waals surface area (Å²) in [5.41, 5.74) is 2.45. The molecule has 3 rings (SSSR count). The molecule has 0 saturated heterocycles. The fourth-order valence-electron chi connectivity index (χ4n) is 2.41. The Morgan fingerprint density at radius 2 is 1.88 bits per heavy atom. The second-order valence-corrected chi connectivity index (χ2v) is 6.87. The van der Waals surface area contributed by atoms with Crippen molar-refractivity contribution in [2.75, 3.05) is 6.54 Å². The fourth-order valence-corrected chi connectivity index (χ4v) is 3.01. The van der Waals surface area contributed by atoms with Gasteiger partial charge in [0.25, 0.3) is 5.91 Å². The lowest BCUT2D eigenvalue weighted by Crippen LogP contribution is -2.25. The fraction of sp³-hybridized carbons (Fsp3) is 0.200. The highest BCUT2D eigenvalue weighted by atomic mass is 32.1. The predicted octanol–water partition coefficient (Wildman–Crippen LogP) is 4.14. The summed E-state index contributed by atoms with van der Waals surface area (Å²) in [5.74, 6) is 0.289. The molecule has 0 aliphatic heterocycles. The Balaban J connectivity index is 1.46. The molecular formula is C20H19FN2O2S. The van der Waals surface area contributed by atoms with Crippen LogP contribution in [0.1, 0.15) is 26.6 Å². The maximum atomic E-state index is 12.9. The van der Waals surface area contributed by atoms with Gasteiger partial charge in [0, 0.05) is 17.5 Å². The minimum atomic E-state index is -0.259. The lowest BCUT2D eigenvalue weighted by atomic mass is 10.1. The van der Waals surface area contributed by atoms with Crippen molar-refractivity contribution < 1.29 is 13.9 Å². The van der Waals surface area contributed by atoms with Gasteiger partial charge in [0.1, 0.15) is 18.2 Å². The van der Waals surface area contributed by atoms with Crippen LogP contribution in [0.2, 0.25) is 0 Å². The summed E-state index contributed by atoms with van der Waals surface area (Å²) in [7, 11) is 0. The first-order valence-corrected chi connectivity index (χ1v) is 9.14. The Morgan fingerprint density at radius 1 is 1.15 bits per heavy atom. The highest BCUT2D eigenvalue weighted by Crippen LogP contribution is 2.15. The number of rotatable bonds is 7. The summed E-state index contributed by atoms with van der Waals surface area (Å²) in [6, 6.07) is 13.3. The van der Waals surface area contributed by atoms with E-state index in [2.05, 4.69) is 10.3 Å². The first-order chi connectivity index (χ1) is 12.6. The van der Waals surface area contributed by atoms with Crippen molar-refractivity contribution >= 4 is 17.2 Å². The lowest BCUT2D eigenvalue weighted by Gasteiger charge is -2.07. The second-order valence-electron chi connectivity index (χ2n) is 5.80. The molecule has 0 fully saturated rings. The number of hydrogen-bond acceptors (Lipinski definition) is 4. The van der Waals surface area contributed by atoms with Crippen LogP contribution in [0.5, 0.6) is 5.75 Å². The molecule has 1 N–H and O–H groups in total. The van der Waals surface area contributed by atoms with Gasteiger partial charge in [-0.05, 0) is 55.3 Å². The Labute approximate surface area is 155 Å². The van der Waals surface area contributed by atoms with Crippen LogP contribution < -0.4 is 10.1 Å². The van der Waals surface area contributed by atoms with Gasteiger partial charge in [-0.1, -0.05) is 12.1 Å². The predicted molar refractivity (Wildman–Crippen MR) is 100 cm³/mol. The highest BCUT2D eigenvalue weighted by molar-refractivity contribution is 7.09. The van der Waals surface area contributed by atoms with E-state index in [-0.39, 0.29) is 11.7 Å². The van der Waals surface area contributed by atoms with E-state index < -0.39 is 0 Å². The van der Waals surface area contributed by atoms with Crippen molar-refractivity contribution in [3.8, 4) is 5.75 Å². The molecule has 6 heteroatoms. The Hall–Kier alpha value is -2.73. The minimum absolute atomic E-state index is 0.145. The molecule has 0 unspecified atom stereocenters. The van der Waals surface area contributed by atoms with Crippen molar-refractivity contribution in [3.63, 3.8) is 0 Å². The van der Waals surface area contributed by atoms with Crippen LogP contribution >= 0.6 is 11.3 Å². The standard InChI is InChI=1S/C20H19FN2O2S/c1-14-23-18(13-26-14)12-25-19-8-4-16(5-9-19)20(24)22-11-10-15-2-6-17(21)7-3-15/h2-9,13H,10-12H2,1H3,(H,22,24). The zero-order valence-electron chi connectivity index (χ0n) is 14.4.